The first-order valence-electron chi connectivity index (χ1n) is 13.0. The Kier molecular flexibility index (Phi) is 10.6. The Bertz CT molecular complexity index is 1250. The van der Waals surface area contributed by atoms with E-state index in [-0.39, 0.29) is 24.5 Å². The van der Waals surface area contributed by atoms with Gasteiger partial charge in [0.15, 0.2) is 4.88 Å². The van der Waals surface area contributed by atoms with Crippen LogP contribution in [0.1, 0.15) is 45.9 Å². The van der Waals surface area contributed by atoms with E-state index in [1.807, 2.05) is 11.8 Å². The maximum atomic E-state index is 12.2. The number of thioether (sulfide) groups is 1. The smallest absolute Gasteiger partial charge is 0.352 e. The van der Waals surface area contributed by atoms with Gasteiger partial charge in [-0.3, -0.25) is 0 Å². The molecule has 1 N–H and O–H groups in total. The number of methoxy groups -OCH3 is 1. The summed E-state index contributed by atoms with van der Waals surface area (Å²) >= 11 is 9.73. The number of hydrogen-bond acceptors (Lipinski definition) is 7. The van der Waals surface area contributed by atoms with Crippen LogP contribution in [0.5, 0.6) is 5.75 Å². The molecule has 4 rings (SSSR count). The van der Waals surface area contributed by atoms with E-state index < -0.39 is 5.97 Å². The van der Waals surface area contributed by atoms with Crippen molar-refractivity contribution in [2.75, 3.05) is 32.7 Å². The van der Waals surface area contributed by atoms with E-state index >= 15 is 0 Å². The van der Waals surface area contributed by atoms with E-state index in [0.29, 0.717) is 29.8 Å². The lowest BCUT2D eigenvalue weighted by atomic mass is 9.78. The van der Waals surface area contributed by atoms with Crippen molar-refractivity contribution >= 4 is 40.7 Å². The van der Waals surface area contributed by atoms with Crippen LogP contribution in [0.15, 0.2) is 76.7 Å². The Hall–Kier alpha value is -2.29. The third-order valence-corrected chi connectivity index (χ3v) is 9.73. The lowest BCUT2D eigenvalue weighted by Crippen LogP contribution is -2.19. The Balaban J connectivity index is 1.30. The summed E-state index contributed by atoms with van der Waals surface area (Å²) in [5, 5.41) is 9.80. The summed E-state index contributed by atoms with van der Waals surface area (Å²) in [6, 6.07) is 21.3. The highest BCUT2D eigenvalue weighted by molar-refractivity contribution is 7.99. The molecule has 39 heavy (non-hydrogen) atoms. The molecule has 3 aromatic rings. The summed E-state index contributed by atoms with van der Waals surface area (Å²) in [6.45, 7) is 5.21. The minimum Gasteiger partial charge on any atom is -0.495 e. The number of halogens is 1. The maximum Gasteiger partial charge on any atom is 0.352 e. The van der Waals surface area contributed by atoms with Gasteiger partial charge in [-0.1, -0.05) is 74.0 Å². The lowest BCUT2D eigenvalue weighted by molar-refractivity contribution is 0.0436. The highest BCUT2D eigenvalue weighted by Gasteiger charge is 2.30. The van der Waals surface area contributed by atoms with Crippen molar-refractivity contribution < 1.29 is 24.1 Å². The Morgan fingerprint density at radius 2 is 1.85 bits per heavy atom. The quantitative estimate of drug-likeness (QED) is 0.167. The average Bonchev–Trinajstić information content (AvgIpc) is 3.54. The zero-order valence-electron chi connectivity index (χ0n) is 22.5. The molecule has 0 unspecified atom stereocenters. The SMILES string of the molecule is COc1cc(COC[C@H]2CC=C(Cl)[C@@H]2CSc2ccc(C(C)(C)c3ccccc3)cc2)sc1C(=O)OCCO. The van der Waals surface area contributed by atoms with Crippen molar-refractivity contribution in [2.24, 2.45) is 11.8 Å². The molecule has 2 aromatic carbocycles. The molecule has 0 saturated heterocycles. The molecule has 1 aliphatic rings. The standard InChI is InChI=1S/C31H35ClO5S2/c1-31(2,22-7-5-4-6-8-22)23-10-12-24(13-11-23)38-20-26-21(9-14-27(26)32)18-36-19-25-17-28(35-3)29(39-25)30(34)37-16-15-33/h4-8,10-14,17,21,26,33H,9,15-16,18-20H2,1-3H3/t21-,26-/m1/s1. The number of aliphatic hydroxyl groups excluding tert-OH is 1. The summed E-state index contributed by atoms with van der Waals surface area (Å²) in [5.74, 6) is 1.38. The highest BCUT2D eigenvalue weighted by atomic mass is 35.5. The van der Waals surface area contributed by atoms with E-state index in [4.69, 9.17) is 30.9 Å². The monoisotopic (exact) mass is 586 g/mol. The zero-order valence-corrected chi connectivity index (χ0v) is 24.9. The van der Waals surface area contributed by atoms with Crippen molar-refractivity contribution in [3.05, 3.63) is 92.7 Å². The Morgan fingerprint density at radius 3 is 2.54 bits per heavy atom. The Labute approximate surface area is 244 Å². The van der Waals surface area contributed by atoms with Crippen molar-refractivity contribution in [1.82, 2.24) is 0 Å². The summed E-state index contributed by atoms with van der Waals surface area (Å²) in [5.41, 5.74) is 2.53. The van der Waals surface area contributed by atoms with Gasteiger partial charge in [-0.2, -0.15) is 0 Å². The molecule has 2 atom stereocenters. The third kappa shape index (κ3) is 7.47. The Morgan fingerprint density at radius 1 is 1.13 bits per heavy atom. The van der Waals surface area contributed by atoms with Crippen molar-refractivity contribution in [1.29, 1.82) is 0 Å². The van der Waals surface area contributed by atoms with Crippen molar-refractivity contribution in [3.63, 3.8) is 0 Å². The van der Waals surface area contributed by atoms with Crippen molar-refractivity contribution in [3.8, 4) is 5.75 Å². The second-order valence-corrected chi connectivity index (χ2v) is 12.7. The number of thiophene rings is 1. The van der Waals surface area contributed by atoms with Gasteiger partial charge in [0.2, 0.25) is 0 Å². The van der Waals surface area contributed by atoms with Gasteiger partial charge in [-0.15, -0.1) is 23.1 Å². The number of carbonyl (C=O) groups excluding carboxylic acids is 1. The van der Waals surface area contributed by atoms with Crippen molar-refractivity contribution in [2.45, 2.75) is 37.2 Å². The molecule has 0 bridgehead atoms. The van der Waals surface area contributed by atoms with Crippen LogP contribution in [0.25, 0.3) is 0 Å². The molecule has 8 heteroatoms. The van der Waals surface area contributed by atoms with Crippen LogP contribution < -0.4 is 4.74 Å². The first kappa shape index (κ1) is 29.7. The molecule has 0 fully saturated rings. The average molecular weight is 587 g/mol. The molecule has 0 spiro atoms. The van der Waals surface area contributed by atoms with Gasteiger partial charge in [-0.25, -0.2) is 4.79 Å². The molecule has 1 aromatic heterocycles. The van der Waals surface area contributed by atoms with Gasteiger partial charge in [0.05, 0.1) is 26.9 Å². The number of carbonyl (C=O) groups is 1. The molecule has 0 amide bonds. The molecule has 208 valence electrons. The van der Waals surface area contributed by atoms with Crippen LogP contribution in [0.4, 0.5) is 0 Å². The van der Waals surface area contributed by atoms with E-state index in [9.17, 15) is 4.79 Å². The summed E-state index contributed by atoms with van der Waals surface area (Å²) in [6.07, 6.45) is 3.00. The molecule has 0 saturated carbocycles. The number of hydrogen-bond donors (Lipinski definition) is 1. The van der Waals surface area contributed by atoms with Gasteiger partial charge < -0.3 is 19.3 Å². The fourth-order valence-electron chi connectivity index (χ4n) is 4.68. The van der Waals surface area contributed by atoms with Crippen LogP contribution in [0, 0.1) is 11.8 Å². The molecule has 5 nitrogen and oxygen atoms in total. The number of allylic oxidation sites excluding steroid dienone is 2. The highest BCUT2D eigenvalue weighted by Crippen LogP contribution is 2.39. The predicted molar refractivity (Wildman–Crippen MR) is 159 cm³/mol. The summed E-state index contributed by atoms with van der Waals surface area (Å²) in [4.78, 5) is 14.7. The molecule has 1 heterocycles. The number of aliphatic hydroxyl groups is 1. The number of benzene rings is 2. The van der Waals surface area contributed by atoms with Crippen LogP contribution in [0.2, 0.25) is 0 Å². The van der Waals surface area contributed by atoms with Gasteiger partial charge in [0, 0.05) is 31.9 Å². The second kappa shape index (κ2) is 13.9. The zero-order chi connectivity index (χ0) is 27.8. The summed E-state index contributed by atoms with van der Waals surface area (Å²) in [7, 11) is 1.52. The second-order valence-electron chi connectivity index (χ2n) is 10.0. The fraction of sp³-hybridized carbons (Fsp3) is 0.387. The number of ether oxygens (including phenoxy) is 3. The van der Waals surface area contributed by atoms with E-state index in [2.05, 4.69) is 74.5 Å². The first-order valence-corrected chi connectivity index (χ1v) is 15.2. The summed E-state index contributed by atoms with van der Waals surface area (Å²) < 4.78 is 16.4. The predicted octanol–water partition coefficient (Wildman–Crippen LogP) is 7.30. The van der Waals surface area contributed by atoms with E-state index in [1.54, 1.807) is 6.07 Å². The van der Waals surface area contributed by atoms with E-state index in [0.717, 1.165) is 22.1 Å². The number of rotatable bonds is 13. The van der Waals surface area contributed by atoms with Gasteiger partial charge >= 0.3 is 5.97 Å². The topological polar surface area (TPSA) is 65.0 Å². The molecular formula is C31H35ClO5S2. The molecule has 0 radical (unpaired) electrons. The number of esters is 1. The van der Waals surface area contributed by atoms with Crippen LogP contribution in [-0.2, 0) is 21.5 Å². The molecule has 0 aliphatic heterocycles. The third-order valence-electron chi connectivity index (χ3n) is 7.09. The molecule has 1 aliphatic carbocycles. The van der Waals surface area contributed by atoms with Crippen LogP contribution in [-0.4, -0.2) is 43.8 Å². The lowest BCUT2D eigenvalue weighted by Gasteiger charge is -2.26. The van der Waals surface area contributed by atoms with Crippen LogP contribution in [0.3, 0.4) is 0 Å². The normalized spacial score (nSPS) is 17.2. The van der Waals surface area contributed by atoms with Crippen LogP contribution >= 0.6 is 34.7 Å². The first-order chi connectivity index (χ1) is 18.8. The molecular weight excluding hydrogens is 552 g/mol. The maximum absolute atomic E-state index is 12.2. The van der Waals surface area contributed by atoms with E-state index in [1.165, 1.54) is 34.5 Å². The minimum atomic E-state index is -0.502. The fourth-order valence-corrected chi connectivity index (χ4v) is 7.23. The van der Waals surface area contributed by atoms with Gasteiger partial charge in [0.1, 0.15) is 12.4 Å². The van der Waals surface area contributed by atoms with Gasteiger partial charge in [-0.05, 0) is 41.7 Å². The largest absolute Gasteiger partial charge is 0.495 e. The minimum absolute atomic E-state index is 0.0453. The van der Waals surface area contributed by atoms with Gasteiger partial charge in [0.25, 0.3) is 0 Å².